The lowest BCUT2D eigenvalue weighted by molar-refractivity contribution is -0.147. The van der Waals surface area contributed by atoms with E-state index < -0.39 is 23.9 Å². The van der Waals surface area contributed by atoms with Gasteiger partial charge < -0.3 is 9.84 Å². The fraction of sp³-hybridized carbons (Fsp3) is 0.500. The van der Waals surface area contributed by atoms with Gasteiger partial charge in [-0.2, -0.15) is 0 Å². The Labute approximate surface area is 110 Å². The number of ether oxygens (including phenoxy) is 1. The number of rotatable bonds is 6. The first-order valence-electron chi connectivity index (χ1n) is 6.23. The number of benzene rings is 1. The van der Waals surface area contributed by atoms with Crippen molar-refractivity contribution in [3.05, 3.63) is 35.9 Å². The lowest BCUT2D eigenvalue weighted by atomic mass is 10.1. The number of carbonyl (C=O) groups is 1. The number of aliphatic hydroxyl groups excluding tert-OH is 1. The largest absolute Gasteiger partial charge is 0.461 e. The molecule has 0 radical (unpaired) electrons. The van der Waals surface area contributed by atoms with Crippen LogP contribution in [0.3, 0.4) is 0 Å². The van der Waals surface area contributed by atoms with Crippen molar-refractivity contribution in [3.63, 3.8) is 0 Å². The molecular formula is C14H16F2O3. The zero-order valence-corrected chi connectivity index (χ0v) is 10.4. The number of carbonyl (C=O) groups excluding carboxylic acids is 1. The predicted octanol–water partition coefficient (Wildman–Crippen LogP) is 2.53. The summed E-state index contributed by atoms with van der Waals surface area (Å²) < 4.78 is 30.2. The fourth-order valence-electron chi connectivity index (χ4n) is 1.93. The third-order valence-electron chi connectivity index (χ3n) is 3.16. The molecule has 0 heterocycles. The SMILES string of the molecule is O=C(C[C@@H](O)CC1CC1(F)F)OCc1ccccc1. The third-order valence-corrected chi connectivity index (χ3v) is 3.16. The minimum absolute atomic E-state index is 0.0482. The van der Waals surface area contributed by atoms with Crippen LogP contribution in [0.25, 0.3) is 0 Å². The van der Waals surface area contributed by atoms with Gasteiger partial charge in [0.1, 0.15) is 6.61 Å². The van der Waals surface area contributed by atoms with Gasteiger partial charge in [0.05, 0.1) is 12.5 Å². The molecule has 1 aliphatic rings. The van der Waals surface area contributed by atoms with Crippen LogP contribution in [0.2, 0.25) is 0 Å². The molecule has 3 nitrogen and oxygen atoms in total. The molecule has 1 aromatic carbocycles. The molecule has 1 N–H and O–H groups in total. The van der Waals surface area contributed by atoms with Gasteiger partial charge in [0.2, 0.25) is 0 Å². The highest BCUT2D eigenvalue weighted by Crippen LogP contribution is 2.51. The highest BCUT2D eigenvalue weighted by atomic mass is 19.3. The van der Waals surface area contributed by atoms with Crippen molar-refractivity contribution in [1.82, 2.24) is 0 Å². The Balaban J connectivity index is 1.67. The van der Waals surface area contributed by atoms with Crippen molar-refractivity contribution in [3.8, 4) is 0 Å². The van der Waals surface area contributed by atoms with Crippen LogP contribution >= 0.6 is 0 Å². The maximum atomic E-state index is 12.6. The summed E-state index contributed by atoms with van der Waals surface area (Å²) in [7, 11) is 0. The molecule has 1 aliphatic carbocycles. The number of alkyl halides is 2. The van der Waals surface area contributed by atoms with Crippen LogP contribution < -0.4 is 0 Å². The normalized spacial score (nSPS) is 21.7. The Morgan fingerprint density at radius 1 is 1.42 bits per heavy atom. The molecule has 1 saturated carbocycles. The van der Waals surface area contributed by atoms with E-state index in [1.54, 1.807) is 0 Å². The standard InChI is InChI=1S/C14H16F2O3/c15-14(16)8-11(14)6-12(17)7-13(18)19-9-10-4-2-1-3-5-10/h1-5,11-12,17H,6-9H2/t11?,12-/m0/s1. The van der Waals surface area contributed by atoms with E-state index in [4.69, 9.17) is 4.74 Å². The average Bonchev–Trinajstić information content (AvgIpc) is 2.95. The first kappa shape index (κ1) is 13.9. The van der Waals surface area contributed by atoms with Crippen LogP contribution in [0.4, 0.5) is 8.78 Å². The lowest BCUT2D eigenvalue weighted by Crippen LogP contribution is -2.17. The van der Waals surface area contributed by atoms with Gasteiger partial charge in [0.15, 0.2) is 0 Å². The Bertz CT molecular complexity index is 434. The molecule has 104 valence electrons. The summed E-state index contributed by atoms with van der Waals surface area (Å²) in [6.45, 7) is 0.131. The van der Waals surface area contributed by atoms with Gasteiger partial charge >= 0.3 is 5.97 Å². The highest BCUT2D eigenvalue weighted by Gasteiger charge is 2.56. The number of hydrogen-bond donors (Lipinski definition) is 1. The van der Waals surface area contributed by atoms with Crippen LogP contribution in [0.15, 0.2) is 30.3 Å². The number of esters is 1. The second-order valence-corrected chi connectivity index (χ2v) is 4.90. The van der Waals surface area contributed by atoms with E-state index in [2.05, 4.69) is 0 Å². The maximum absolute atomic E-state index is 12.6. The van der Waals surface area contributed by atoms with Crippen molar-refractivity contribution in [2.45, 2.75) is 37.9 Å². The Kier molecular flexibility index (Phi) is 4.14. The monoisotopic (exact) mass is 270 g/mol. The molecule has 0 bridgehead atoms. The van der Waals surface area contributed by atoms with E-state index in [1.807, 2.05) is 30.3 Å². The lowest BCUT2D eigenvalue weighted by Gasteiger charge is -2.10. The minimum Gasteiger partial charge on any atom is -0.461 e. The topological polar surface area (TPSA) is 46.5 Å². The molecule has 0 aliphatic heterocycles. The van der Waals surface area contributed by atoms with Gasteiger partial charge in [0, 0.05) is 12.3 Å². The first-order valence-corrected chi connectivity index (χ1v) is 6.23. The molecule has 2 rings (SSSR count). The van der Waals surface area contributed by atoms with Crippen molar-refractivity contribution in [1.29, 1.82) is 0 Å². The summed E-state index contributed by atoms with van der Waals surface area (Å²) in [5.41, 5.74) is 0.846. The number of hydrogen-bond acceptors (Lipinski definition) is 3. The van der Waals surface area contributed by atoms with Crippen LogP contribution in [-0.4, -0.2) is 23.1 Å². The summed E-state index contributed by atoms with van der Waals surface area (Å²) in [5.74, 6) is -4.01. The van der Waals surface area contributed by atoms with Gasteiger partial charge in [0.25, 0.3) is 5.92 Å². The summed E-state index contributed by atoms with van der Waals surface area (Å²) >= 11 is 0. The molecule has 0 saturated heterocycles. The first-order chi connectivity index (χ1) is 8.97. The van der Waals surface area contributed by atoms with Crippen molar-refractivity contribution >= 4 is 5.97 Å². The third kappa shape index (κ3) is 4.28. The van der Waals surface area contributed by atoms with E-state index in [0.29, 0.717) is 0 Å². The van der Waals surface area contributed by atoms with Crippen molar-refractivity contribution in [2.75, 3.05) is 0 Å². The molecule has 5 heteroatoms. The van der Waals surface area contributed by atoms with Crippen LogP contribution in [-0.2, 0) is 16.1 Å². The second-order valence-electron chi connectivity index (χ2n) is 4.90. The second kappa shape index (κ2) is 5.65. The summed E-state index contributed by atoms with van der Waals surface area (Å²) in [6, 6.07) is 9.13. The molecule has 2 atom stereocenters. The van der Waals surface area contributed by atoms with E-state index in [9.17, 15) is 18.7 Å². The van der Waals surface area contributed by atoms with E-state index in [-0.39, 0.29) is 25.9 Å². The van der Waals surface area contributed by atoms with Crippen LogP contribution in [0, 0.1) is 5.92 Å². The Morgan fingerprint density at radius 2 is 2.05 bits per heavy atom. The molecular weight excluding hydrogens is 254 g/mol. The predicted molar refractivity (Wildman–Crippen MR) is 64.5 cm³/mol. The Hall–Kier alpha value is -1.49. The Morgan fingerprint density at radius 3 is 2.63 bits per heavy atom. The molecule has 0 spiro atoms. The molecule has 1 aromatic rings. The van der Waals surface area contributed by atoms with Gasteiger partial charge in [-0.1, -0.05) is 30.3 Å². The van der Waals surface area contributed by atoms with E-state index in [0.717, 1.165) is 5.56 Å². The average molecular weight is 270 g/mol. The quantitative estimate of drug-likeness (QED) is 0.808. The minimum atomic E-state index is -2.66. The molecule has 1 unspecified atom stereocenters. The number of halogens is 2. The van der Waals surface area contributed by atoms with Crippen molar-refractivity contribution in [2.24, 2.45) is 5.92 Å². The highest BCUT2D eigenvalue weighted by molar-refractivity contribution is 5.69. The molecule has 0 aromatic heterocycles. The maximum Gasteiger partial charge on any atom is 0.308 e. The van der Waals surface area contributed by atoms with Gasteiger partial charge in [-0.15, -0.1) is 0 Å². The van der Waals surface area contributed by atoms with Gasteiger partial charge in [-0.05, 0) is 12.0 Å². The van der Waals surface area contributed by atoms with E-state index in [1.165, 1.54) is 0 Å². The summed E-state index contributed by atoms with van der Waals surface area (Å²) in [5, 5.41) is 9.53. The molecule has 1 fully saturated rings. The van der Waals surface area contributed by atoms with Crippen LogP contribution in [0.5, 0.6) is 0 Å². The fourth-order valence-corrected chi connectivity index (χ4v) is 1.93. The molecule has 19 heavy (non-hydrogen) atoms. The van der Waals surface area contributed by atoms with Gasteiger partial charge in [-0.25, -0.2) is 8.78 Å². The molecule has 0 amide bonds. The van der Waals surface area contributed by atoms with Crippen molar-refractivity contribution < 1.29 is 23.4 Å². The van der Waals surface area contributed by atoms with E-state index >= 15 is 0 Å². The zero-order valence-electron chi connectivity index (χ0n) is 10.4. The number of aliphatic hydroxyl groups is 1. The van der Waals surface area contributed by atoms with Gasteiger partial charge in [-0.3, -0.25) is 4.79 Å². The smallest absolute Gasteiger partial charge is 0.308 e. The summed E-state index contributed by atoms with van der Waals surface area (Å²) in [4.78, 5) is 11.4. The summed E-state index contributed by atoms with van der Waals surface area (Å²) in [6.07, 6.45) is -1.53. The zero-order chi connectivity index (χ0) is 13.9. The van der Waals surface area contributed by atoms with Crippen LogP contribution in [0.1, 0.15) is 24.8 Å².